The smallest absolute Gasteiger partial charge is 0.324 e. The van der Waals surface area contributed by atoms with Gasteiger partial charge in [0.15, 0.2) is 0 Å². The maximum atomic E-state index is 13.7. The second-order valence-corrected chi connectivity index (χ2v) is 6.93. The quantitative estimate of drug-likeness (QED) is 0.479. The molecule has 0 fully saturated rings. The van der Waals surface area contributed by atoms with Gasteiger partial charge in [0.25, 0.3) is 0 Å². The molecule has 0 radical (unpaired) electrons. The van der Waals surface area contributed by atoms with Crippen LogP contribution in [0, 0.1) is 0 Å². The highest BCUT2D eigenvalue weighted by Gasteiger charge is 2.41. The van der Waals surface area contributed by atoms with Crippen LogP contribution in [-0.4, -0.2) is 18.1 Å². The van der Waals surface area contributed by atoms with Crippen LogP contribution < -0.4 is 9.89 Å². The van der Waals surface area contributed by atoms with E-state index in [-0.39, 0.29) is 11.2 Å². The highest BCUT2D eigenvalue weighted by molar-refractivity contribution is 7.17. The fourth-order valence-corrected chi connectivity index (χ4v) is 4.27. The summed E-state index contributed by atoms with van der Waals surface area (Å²) in [7, 11) is -3.08. The van der Waals surface area contributed by atoms with E-state index in [1.54, 1.807) is 16.8 Å². The molecule has 0 spiro atoms. The second kappa shape index (κ2) is 5.28. The Morgan fingerprint density at radius 2 is 1.88 bits per heavy atom. The van der Waals surface area contributed by atoms with E-state index < -0.39 is 24.8 Å². The van der Waals surface area contributed by atoms with Crippen LogP contribution in [0.15, 0.2) is 39.6 Å². The van der Waals surface area contributed by atoms with Crippen molar-refractivity contribution in [2.75, 3.05) is 0 Å². The van der Waals surface area contributed by atoms with E-state index in [0.717, 1.165) is 17.4 Å². The van der Waals surface area contributed by atoms with Crippen molar-refractivity contribution in [2.45, 2.75) is 6.18 Å². The molecule has 0 N–H and O–H groups in total. The van der Waals surface area contributed by atoms with Crippen LogP contribution in [0.5, 0.6) is 0 Å². The Morgan fingerprint density at radius 3 is 2.54 bits per heavy atom. The van der Waals surface area contributed by atoms with Gasteiger partial charge in [0.1, 0.15) is 5.57 Å². The lowest BCUT2D eigenvalue weighted by Crippen LogP contribution is -2.21. The molecule has 1 aliphatic heterocycles. The predicted molar refractivity (Wildman–Crippen MR) is 85.7 cm³/mol. The molecule has 3 aromatic heterocycles. The molecular formula is C14H6BF5N2S2. The summed E-state index contributed by atoms with van der Waals surface area (Å²) in [4.78, 5) is 3.97. The van der Waals surface area contributed by atoms with Gasteiger partial charge in [-0.05, 0) is 35.0 Å². The van der Waals surface area contributed by atoms with Crippen molar-refractivity contribution >= 4 is 51.9 Å². The minimum absolute atomic E-state index is 0.0834. The van der Waals surface area contributed by atoms with Crippen LogP contribution >= 0.6 is 22.7 Å². The first-order valence-corrected chi connectivity index (χ1v) is 8.44. The van der Waals surface area contributed by atoms with E-state index in [1.165, 1.54) is 23.5 Å². The fraction of sp³-hybridized carbons (Fsp3) is 0.0714. The molecule has 10 heteroatoms. The molecular weight excluding hydrogens is 366 g/mol. The number of allylic oxidation sites excluding steroid dienone is 2. The Hall–Kier alpha value is -1.94. The topological polar surface area (TPSA) is 17.3 Å². The van der Waals surface area contributed by atoms with Gasteiger partial charge in [-0.25, -0.2) is 4.99 Å². The van der Waals surface area contributed by atoms with Crippen molar-refractivity contribution in [3.63, 3.8) is 0 Å². The van der Waals surface area contributed by atoms with Gasteiger partial charge in [0.2, 0.25) is 0 Å². The molecule has 4 heterocycles. The Kier molecular flexibility index (Phi) is 3.43. The number of aromatic nitrogens is 1. The third kappa shape index (κ3) is 2.32. The van der Waals surface area contributed by atoms with Gasteiger partial charge in [-0.3, -0.25) is 8.63 Å². The number of hydrogen-bond donors (Lipinski definition) is 0. The number of hydrogen-bond acceptors (Lipinski definition) is 3. The SMILES string of the molecule is FB(F)n1c(/C(=C2/C=c3sccc3=N2)C(F)(F)F)cc2sccc21. The zero-order valence-electron chi connectivity index (χ0n) is 11.6. The van der Waals surface area contributed by atoms with E-state index >= 15 is 0 Å². The summed E-state index contributed by atoms with van der Waals surface area (Å²) >= 11 is 2.37. The molecule has 1 aliphatic rings. The minimum Gasteiger partial charge on any atom is -0.324 e. The average molecular weight is 372 g/mol. The number of halogens is 5. The molecule has 0 saturated carbocycles. The maximum absolute atomic E-state index is 13.7. The lowest BCUT2D eigenvalue weighted by atomic mass is 10.1. The van der Waals surface area contributed by atoms with Crippen LogP contribution in [0.1, 0.15) is 5.69 Å². The molecule has 4 rings (SSSR count). The molecule has 0 bridgehead atoms. The molecule has 3 aromatic rings. The molecule has 122 valence electrons. The number of fused-ring (bicyclic) bond motifs is 2. The molecule has 0 atom stereocenters. The highest BCUT2D eigenvalue weighted by atomic mass is 32.1. The molecule has 0 aliphatic carbocycles. The summed E-state index contributed by atoms with van der Waals surface area (Å²) in [6.45, 7) is 0. The number of alkyl halides is 3. The van der Waals surface area contributed by atoms with Gasteiger partial charge < -0.3 is 4.48 Å². The first-order valence-electron chi connectivity index (χ1n) is 6.68. The van der Waals surface area contributed by atoms with Crippen molar-refractivity contribution in [1.82, 2.24) is 4.48 Å². The van der Waals surface area contributed by atoms with Crippen LogP contribution in [0.25, 0.3) is 21.9 Å². The van der Waals surface area contributed by atoms with Gasteiger partial charge in [-0.15, -0.1) is 22.7 Å². The van der Waals surface area contributed by atoms with Gasteiger partial charge in [-0.1, -0.05) is 0 Å². The van der Waals surface area contributed by atoms with E-state index in [2.05, 4.69) is 4.99 Å². The van der Waals surface area contributed by atoms with Gasteiger partial charge in [0, 0.05) is 5.69 Å². The minimum atomic E-state index is -4.81. The lowest BCUT2D eigenvalue weighted by Gasteiger charge is -2.15. The van der Waals surface area contributed by atoms with Crippen molar-refractivity contribution in [3.05, 3.63) is 50.2 Å². The lowest BCUT2D eigenvalue weighted by molar-refractivity contribution is -0.0695. The van der Waals surface area contributed by atoms with Gasteiger partial charge in [-0.2, -0.15) is 13.2 Å². The maximum Gasteiger partial charge on any atom is 0.678 e. The molecule has 2 nitrogen and oxygen atoms in total. The van der Waals surface area contributed by atoms with E-state index in [9.17, 15) is 21.8 Å². The van der Waals surface area contributed by atoms with E-state index in [4.69, 9.17) is 0 Å². The van der Waals surface area contributed by atoms with Crippen LogP contribution in [0.2, 0.25) is 0 Å². The van der Waals surface area contributed by atoms with E-state index in [0.29, 0.717) is 19.1 Å². The Labute approximate surface area is 140 Å². The van der Waals surface area contributed by atoms with Gasteiger partial charge in [0.05, 0.1) is 25.8 Å². The largest absolute Gasteiger partial charge is 0.678 e. The van der Waals surface area contributed by atoms with E-state index in [1.807, 2.05) is 0 Å². The third-order valence-electron chi connectivity index (χ3n) is 3.63. The standard InChI is InChI=1S/C14H6BF5N2S2/c16-14(17,18)13(8-5-11-7(21-8)1-3-23-11)10-6-12-9(2-4-24-12)22(10)15(19)20/h1-6H/b13-8+. The summed E-state index contributed by atoms with van der Waals surface area (Å²) in [5, 5.41) is 3.71. The summed E-state index contributed by atoms with van der Waals surface area (Å²) in [5.41, 5.74) is -1.96. The monoisotopic (exact) mass is 372 g/mol. The van der Waals surface area contributed by atoms with Crippen molar-refractivity contribution in [3.8, 4) is 0 Å². The van der Waals surface area contributed by atoms with Crippen LogP contribution in [0.3, 0.4) is 0 Å². The molecule has 0 aromatic carbocycles. The highest BCUT2D eigenvalue weighted by Crippen LogP contribution is 2.41. The predicted octanol–water partition coefficient (Wildman–Crippen LogP) is 3.92. The molecule has 24 heavy (non-hydrogen) atoms. The zero-order chi connectivity index (χ0) is 17.1. The summed E-state index contributed by atoms with van der Waals surface area (Å²) in [6.07, 6.45) is -3.52. The molecule has 0 unspecified atom stereocenters. The number of thiophene rings is 2. The molecule has 0 saturated heterocycles. The zero-order valence-corrected chi connectivity index (χ0v) is 13.3. The first-order chi connectivity index (χ1) is 11.4. The molecule has 0 amide bonds. The van der Waals surface area contributed by atoms with Crippen molar-refractivity contribution < 1.29 is 21.8 Å². The van der Waals surface area contributed by atoms with Crippen molar-refractivity contribution in [2.24, 2.45) is 4.99 Å². The Morgan fingerprint density at radius 1 is 1.12 bits per heavy atom. The summed E-state index contributed by atoms with van der Waals surface area (Å²) in [6, 6.07) is 4.14. The average Bonchev–Trinajstić information content (AvgIpc) is 3.14. The number of rotatable bonds is 2. The van der Waals surface area contributed by atoms with Crippen LogP contribution in [0.4, 0.5) is 21.8 Å². The van der Waals surface area contributed by atoms with Gasteiger partial charge >= 0.3 is 13.6 Å². The normalized spacial score (nSPS) is 16.0. The Balaban J connectivity index is 2.05. The second-order valence-electron chi connectivity index (χ2n) is 5.03. The summed E-state index contributed by atoms with van der Waals surface area (Å²) in [5.74, 6) is 0. The first kappa shape index (κ1) is 15.6. The summed E-state index contributed by atoms with van der Waals surface area (Å²) < 4.78 is 69.3. The van der Waals surface area contributed by atoms with Crippen molar-refractivity contribution in [1.29, 1.82) is 0 Å². The Bertz CT molecular complexity index is 1050. The third-order valence-corrected chi connectivity index (χ3v) is 5.34. The van der Waals surface area contributed by atoms with Crippen LogP contribution in [-0.2, 0) is 0 Å². The number of nitrogens with zero attached hydrogens (tertiary/aromatic N) is 2. The fourth-order valence-electron chi connectivity index (χ4n) is 2.70.